The minimum absolute atomic E-state index is 0.0870. The van der Waals surface area contributed by atoms with E-state index in [1.54, 1.807) is 13.0 Å². The van der Waals surface area contributed by atoms with Crippen molar-refractivity contribution < 1.29 is 13.3 Å². The Bertz CT molecular complexity index is 794. The maximum Gasteiger partial charge on any atom is 0.260 e. The molecular weight excluding hydrogens is 276 g/mol. The summed E-state index contributed by atoms with van der Waals surface area (Å²) in [5, 5.41) is 3.79. The number of benzene rings is 2. The Morgan fingerprint density at radius 2 is 1.86 bits per heavy atom. The van der Waals surface area contributed by atoms with Crippen LogP contribution in [0.1, 0.15) is 5.56 Å². The zero-order chi connectivity index (χ0) is 15.0. The van der Waals surface area contributed by atoms with E-state index in [0.717, 1.165) is 5.56 Å². The maximum absolute atomic E-state index is 13.4. The molecule has 0 amide bonds. The van der Waals surface area contributed by atoms with Gasteiger partial charge in [-0.25, -0.2) is 8.78 Å². The second-order valence-electron chi connectivity index (χ2n) is 4.67. The summed E-state index contributed by atoms with van der Waals surface area (Å²) in [6.45, 7) is 1.76. The van der Waals surface area contributed by atoms with E-state index in [9.17, 15) is 8.78 Å². The maximum atomic E-state index is 13.4. The first-order valence-corrected chi connectivity index (χ1v) is 6.19. The van der Waals surface area contributed by atoms with Crippen molar-refractivity contribution in [3.8, 4) is 22.8 Å². The van der Waals surface area contributed by atoms with Crippen LogP contribution in [-0.2, 0) is 0 Å². The Hall–Kier alpha value is -2.76. The normalized spacial score (nSPS) is 10.8. The molecule has 0 bridgehead atoms. The summed E-state index contributed by atoms with van der Waals surface area (Å²) in [5.41, 5.74) is 7.61. The lowest BCUT2D eigenvalue weighted by Gasteiger charge is -2.00. The van der Waals surface area contributed by atoms with E-state index >= 15 is 0 Å². The van der Waals surface area contributed by atoms with Crippen molar-refractivity contribution in [3.05, 3.63) is 53.6 Å². The minimum Gasteiger partial charge on any atom is -0.398 e. The lowest BCUT2D eigenvalue weighted by Crippen LogP contribution is -1.91. The molecule has 0 fully saturated rings. The van der Waals surface area contributed by atoms with Gasteiger partial charge in [0.2, 0.25) is 5.82 Å². The molecule has 0 unspecified atom stereocenters. The zero-order valence-electron chi connectivity index (χ0n) is 11.1. The minimum atomic E-state index is -0.458. The molecule has 0 saturated carbocycles. The highest BCUT2D eigenvalue weighted by Crippen LogP contribution is 2.28. The van der Waals surface area contributed by atoms with Crippen LogP contribution < -0.4 is 5.73 Å². The van der Waals surface area contributed by atoms with Gasteiger partial charge in [-0.05, 0) is 48.9 Å². The fourth-order valence-corrected chi connectivity index (χ4v) is 2.03. The average Bonchev–Trinajstić information content (AvgIpc) is 2.90. The summed E-state index contributed by atoms with van der Waals surface area (Å²) in [7, 11) is 0. The van der Waals surface area contributed by atoms with E-state index in [1.165, 1.54) is 30.3 Å². The van der Waals surface area contributed by atoms with Gasteiger partial charge < -0.3 is 10.3 Å². The first kappa shape index (κ1) is 13.2. The molecule has 21 heavy (non-hydrogen) atoms. The largest absolute Gasteiger partial charge is 0.398 e. The third-order valence-corrected chi connectivity index (χ3v) is 2.97. The molecule has 4 nitrogen and oxygen atoms in total. The van der Waals surface area contributed by atoms with E-state index < -0.39 is 5.82 Å². The Morgan fingerprint density at radius 1 is 1.05 bits per heavy atom. The monoisotopic (exact) mass is 287 g/mol. The molecule has 0 aliphatic heterocycles. The van der Waals surface area contributed by atoms with Crippen molar-refractivity contribution in [2.75, 3.05) is 5.73 Å². The lowest BCUT2D eigenvalue weighted by molar-refractivity contribution is 0.432. The molecule has 1 heterocycles. The molecule has 0 aliphatic rings. The third kappa shape index (κ3) is 2.60. The van der Waals surface area contributed by atoms with E-state index in [2.05, 4.69) is 10.1 Å². The number of hydrogen-bond acceptors (Lipinski definition) is 4. The van der Waals surface area contributed by atoms with Crippen LogP contribution in [0.25, 0.3) is 22.8 Å². The number of aromatic nitrogens is 2. The molecule has 106 valence electrons. The van der Waals surface area contributed by atoms with Crippen LogP contribution in [0, 0.1) is 18.6 Å². The van der Waals surface area contributed by atoms with E-state index in [0.29, 0.717) is 16.8 Å². The van der Waals surface area contributed by atoms with Crippen LogP contribution in [0.2, 0.25) is 0 Å². The highest BCUT2D eigenvalue weighted by Gasteiger charge is 2.14. The molecule has 1 aromatic heterocycles. The van der Waals surface area contributed by atoms with Gasteiger partial charge in [0.1, 0.15) is 11.6 Å². The molecule has 0 aliphatic carbocycles. The number of aryl methyl sites for hydroxylation is 1. The van der Waals surface area contributed by atoms with Gasteiger partial charge in [-0.3, -0.25) is 0 Å². The van der Waals surface area contributed by atoms with Gasteiger partial charge in [0.25, 0.3) is 5.89 Å². The third-order valence-electron chi connectivity index (χ3n) is 2.97. The Kier molecular flexibility index (Phi) is 3.13. The SMILES string of the molecule is Cc1cc(F)cc(-c2noc(-c3cc(F)ccc3N)n2)c1. The Morgan fingerprint density at radius 3 is 2.62 bits per heavy atom. The quantitative estimate of drug-likeness (QED) is 0.732. The predicted octanol–water partition coefficient (Wildman–Crippen LogP) is 3.57. The highest BCUT2D eigenvalue weighted by atomic mass is 19.1. The second kappa shape index (κ2) is 4.97. The number of nitrogen functional groups attached to an aromatic ring is 1. The first-order chi connectivity index (χ1) is 10.0. The van der Waals surface area contributed by atoms with E-state index in [1.807, 2.05) is 0 Å². The molecule has 3 rings (SSSR count). The van der Waals surface area contributed by atoms with Crippen LogP contribution >= 0.6 is 0 Å². The number of hydrogen-bond donors (Lipinski definition) is 1. The van der Waals surface area contributed by atoms with Crippen LogP contribution in [0.15, 0.2) is 40.9 Å². The van der Waals surface area contributed by atoms with Crippen molar-refractivity contribution in [2.45, 2.75) is 6.92 Å². The van der Waals surface area contributed by atoms with E-state index in [-0.39, 0.29) is 17.5 Å². The summed E-state index contributed by atoms with van der Waals surface area (Å²) >= 11 is 0. The highest BCUT2D eigenvalue weighted by molar-refractivity contribution is 5.71. The molecule has 2 aromatic carbocycles. The van der Waals surface area contributed by atoms with Gasteiger partial charge in [-0.15, -0.1) is 0 Å². The number of rotatable bonds is 2. The first-order valence-electron chi connectivity index (χ1n) is 6.19. The van der Waals surface area contributed by atoms with Crippen LogP contribution in [0.3, 0.4) is 0 Å². The molecule has 2 N–H and O–H groups in total. The molecule has 0 saturated heterocycles. The molecule has 6 heteroatoms. The van der Waals surface area contributed by atoms with Gasteiger partial charge in [0.05, 0.1) is 5.56 Å². The van der Waals surface area contributed by atoms with Crippen LogP contribution in [-0.4, -0.2) is 10.1 Å². The summed E-state index contributed by atoms with van der Waals surface area (Å²) in [6, 6.07) is 8.30. The van der Waals surface area contributed by atoms with Gasteiger partial charge in [-0.1, -0.05) is 5.16 Å². The standard InChI is InChI=1S/C15H11F2N3O/c1-8-4-9(6-11(17)5-8)14-19-15(21-20-14)12-7-10(16)2-3-13(12)18/h2-7H,18H2,1H3. The Labute approximate surface area is 119 Å². The summed E-state index contributed by atoms with van der Waals surface area (Å²) in [4.78, 5) is 4.14. The lowest BCUT2D eigenvalue weighted by atomic mass is 10.1. The number of nitrogens with zero attached hydrogens (tertiary/aromatic N) is 2. The smallest absolute Gasteiger partial charge is 0.260 e. The number of nitrogens with two attached hydrogens (primary N) is 1. The van der Waals surface area contributed by atoms with Crippen LogP contribution in [0.5, 0.6) is 0 Å². The Balaban J connectivity index is 2.05. The van der Waals surface area contributed by atoms with Crippen LogP contribution in [0.4, 0.5) is 14.5 Å². The molecular formula is C15H11F2N3O. The van der Waals surface area contributed by atoms with Gasteiger partial charge in [-0.2, -0.15) is 4.98 Å². The fraction of sp³-hybridized carbons (Fsp3) is 0.0667. The van der Waals surface area contributed by atoms with Gasteiger partial charge in [0.15, 0.2) is 0 Å². The van der Waals surface area contributed by atoms with Crippen molar-refractivity contribution in [2.24, 2.45) is 0 Å². The van der Waals surface area contributed by atoms with Crippen molar-refractivity contribution in [1.29, 1.82) is 0 Å². The van der Waals surface area contributed by atoms with Crippen molar-refractivity contribution >= 4 is 5.69 Å². The zero-order valence-corrected chi connectivity index (χ0v) is 11.1. The van der Waals surface area contributed by atoms with Gasteiger partial charge in [0, 0.05) is 11.3 Å². The predicted molar refractivity (Wildman–Crippen MR) is 74.2 cm³/mol. The number of halogens is 2. The van der Waals surface area contributed by atoms with E-state index in [4.69, 9.17) is 10.3 Å². The van der Waals surface area contributed by atoms with Gasteiger partial charge >= 0.3 is 0 Å². The molecule has 0 radical (unpaired) electrons. The molecule has 3 aromatic rings. The summed E-state index contributed by atoms with van der Waals surface area (Å²) < 4.78 is 31.8. The molecule has 0 atom stereocenters. The summed E-state index contributed by atoms with van der Waals surface area (Å²) in [6.07, 6.45) is 0. The topological polar surface area (TPSA) is 64.9 Å². The van der Waals surface area contributed by atoms with Crippen molar-refractivity contribution in [1.82, 2.24) is 10.1 Å². The fourth-order valence-electron chi connectivity index (χ4n) is 2.03. The molecule has 0 spiro atoms. The van der Waals surface area contributed by atoms with Crippen molar-refractivity contribution in [3.63, 3.8) is 0 Å². The number of anilines is 1. The summed E-state index contributed by atoms with van der Waals surface area (Å²) in [5.74, 6) is -0.539. The second-order valence-corrected chi connectivity index (χ2v) is 4.67. The average molecular weight is 287 g/mol.